The summed E-state index contributed by atoms with van der Waals surface area (Å²) in [4.78, 5) is 18.0. The molecule has 2 aromatic rings. The van der Waals surface area contributed by atoms with Gasteiger partial charge in [-0.1, -0.05) is 12.1 Å². The van der Waals surface area contributed by atoms with Crippen molar-refractivity contribution in [2.45, 2.75) is 6.42 Å². The van der Waals surface area contributed by atoms with Gasteiger partial charge < -0.3 is 5.11 Å². The van der Waals surface area contributed by atoms with Crippen molar-refractivity contribution in [2.75, 3.05) is 11.4 Å². The number of hydrogen-bond donors (Lipinski definition) is 1. The summed E-state index contributed by atoms with van der Waals surface area (Å²) in [5.74, 6) is 2.76. The van der Waals surface area contributed by atoms with Gasteiger partial charge in [-0.05, 0) is 12.1 Å². The van der Waals surface area contributed by atoms with Gasteiger partial charge in [-0.15, -0.1) is 23.7 Å². The monoisotopic (exact) mass is 284 g/mol. The molecule has 0 radical (unpaired) electrons. The highest BCUT2D eigenvalue weighted by Gasteiger charge is 2.31. The van der Waals surface area contributed by atoms with Gasteiger partial charge >= 0.3 is 0 Å². The maximum atomic E-state index is 11.9. The molecular weight excluding hydrogens is 272 g/mol. The van der Waals surface area contributed by atoms with Crippen LogP contribution in [0.1, 0.15) is 6.42 Å². The first-order chi connectivity index (χ1) is 9.69. The molecule has 2 heterocycles. The van der Waals surface area contributed by atoms with E-state index in [1.807, 2.05) is 11.4 Å². The topological polar surface area (TPSA) is 53.4 Å². The number of phenolic OH excluding ortho intramolecular Hbond substituents is 1. The molecule has 1 amide bonds. The molecule has 3 rings (SSSR count). The Morgan fingerprint density at radius 3 is 2.95 bits per heavy atom. The van der Waals surface area contributed by atoms with E-state index in [4.69, 9.17) is 6.42 Å². The molecule has 0 saturated carbocycles. The van der Waals surface area contributed by atoms with Crippen LogP contribution < -0.4 is 4.90 Å². The second kappa shape index (κ2) is 4.99. The van der Waals surface area contributed by atoms with E-state index in [9.17, 15) is 9.90 Å². The lowest BCUT2D eigenvalue weighted by molar-refractivity contribution is -0.117. The average molecular weight is 284 g/mol. The summed E-state index contributed by atoms with van der Waals surface area (Å²) >= 11 is 1.38. The lowest BCUT2D eigenvalue weighted by Crippen LogP contribution is -2.24. The fourth-order valence-corrected chi connectivity index (χ4v) is 3.06. The third-order valence-corrected chi connectivity index (χ3v) is 4.13. The van der Waals surface area contributed by atoms with E-state index in [0.29, 0.717) is 29.4 Å². The third-order valence-electron chi connectivity index (χ3n) is 3.26. The highest BCUT2D eigenvalue weighted by atomic mass is 32.1. The van der Waals surface area contributed by atoms with E-state index in [1.54, 1.807) is 23.1 Å². The molecule has 20 heavy (non-hydrogen) atoms. The molecule has 1 atom stereocenters. The minimum Gasteiger partial charge on any atom is -0.507 e. The lowest BCUT2D eigenvalue weighted by Gasteiger charge is -2.11. The van der Waals surface area contributed by atoms with Gasteiger partial charge in [0.05, 0.1) is 5.69 Å². The van der Waals surface area contributed by atoms with Crippen molar-refractivity contribution < 1.29 is 9.90 Å². The molecule has 0 spiro atoms. The Balaban J connectivity index is 1.90. The Morgan fingerprint density at radius 2 is 2.25 bits per heavy atom. The second-order valence-corrected chi connectivity index (χ2v) is 5.44. The van der Waals surface area contributed by atoms with Crippen LogP contribution in [0.4, 0.5) is 5.13 Å². The van der Waals surface area contributed by atoms with Gasteiger partial charge in [-0.3, -0.25) is 9.69 Å². The number of hydrogen-bond acceptors (Lipinski definition) is 4. The average Bonchev–Trinajstić information content (AvgIpc) is 3.05. The van der Waals surface area contributed by atoms with Crippen molar-refractivity contribution in [1.82, 2.24) is 4.98 Å². The summed E-state index contributed by atoms with van der Waals surface area (Å²) in [7, 11) is 0. The van der Waals surface area contributed by atoms with Crippen LogP contribution in [0.5, 0.6) is 5.75 Å². The minimum absolute atomic E-state index is 0.00568. The fourth-order valence-electron chi connectivity index (χ4n) is 2.21. The lowest BCUT2D eigenvalue weighted by atomic mass is 10.1. The summed E-state index contributed by atoms with van der Waals surface area (Å²) in [6, 6.07) is 7.00. The zero-order valence-corrected chi connectivity index (χ0v) is 11.4. The first kappa shape index (κ1) is 12.7. The van der Waals surface area contributed by atoms with Crippen LogP contribution in [0.15, 0.2) is 29.6 Å². The number of thiazole rings is 1. The molecule has 1 aliphatic rings. The van der Waals surface area contributed by atoms with Crippen molar-refractivity contribution in [3.8, 4) is 29.4 Å². The molecule has 1 aliphatic heterocycles. The summed E-state index contributed by atoms with van der Waals surface area (Å²) < 4.78 is 0. The zero-order chi connectivity index (χ0) is 14.1. The zero-order valence-electron chi connectivity index (χ0n) is 10.6. The molecule has 0 aliphatic carbocycles. The first-order valence-corrected chi connectivity index (χ1v) is 7.07. The number of phenols is 1. The SMILES string of the molecule is C#CC1CC(=O)N(c2nc(-c3ccccc3O)cs2)C1. The number of aromatic hydroxyl groups is 1. The van der Waals surface area contributed by atoms with Crippen molar-refractivity contribution in [3.05, 3.63) is 29.6 Å². The Labute approximate surface area is 120 Å². The largest absolute Gasteiger partial charge is 0.507 e. The van der Waals surface area contributed by atoms with E-state index >= 15 is 0 Å². The smallest absolute Gasteiger partial charge is 0.230 e. The van der Waals surface area contributed by atoms with E-state index in [2.05, 4.69) is 10.9 Å². The maximum Gasteiger partial charge on any atom is 0.230 e. The molecule has 1 unspecified atom stereocenters. The number of terminal acetylenes is 1. The summed E-state index contributed by atoms with van der Waals surface area (Å²) in [6.45, 7) is 0.517. The van der Waals surface area contributed by atoms with Crippen LogP contribution in [-0.4, -0.2) is 22.5 Å². The number of nitrogens with zero attached hydrogens (tertiary/aromatic N) is 2. The Kier molecular flexibility index (Phi) is 3.17. The minimum atomic E-state index is -0.0417. The molecule has 1 saturated heterocycles. The van der Waals surface area contributed by atoms with Gasteiger partial charge in [0, 0.05) is 29.8 Å². The molecule has 1 fully saturated rings. The molecule has 100 valence electrons. The Hall–Kier alpha value is -2.32. The van der Waals surface area contributed by atoms with Crippen LogP contribution in [0.2, 0.25) is 0 Å². The van der Waals surface area contributed by atoms with Crippen molar-refractivity contribution in [3.63, 3.8) is 0 Å². The molecule has 1 N–H and O–H groups in total. The van der Waals surface area contributed by atoms with Crippen LogP contribution in [0.3, 0.4) is 0 Å². The van der Waals surface area contributed by atoms with E-state index < -0.39 is 0 Å². The van der Waals surface area contributed by atoms with Gasteiger partial charge in [0.15, 0.2) is 5.13 Å². The number of para-hydroxylation sites is 1. The normalized spacial score (nSPS) is 18.2. The van der Waals surface area contributed by atoms with Gasteiger partial charge in [0.2, 0.25) is 5.91 Å². The number of benzene rings is 1. The predicted octanol–water partition coefficient (Wildman–Crippen LogP) is 2.50. The Bertz CT molecular complexity index is 702. The van der Waals surface area contributed by atoms with Gasteiger partial charge in [0.25, 0.3) is 0 Å². The Morgan fingerprint density at radius 1 is 1.45 bits per heavy atom. The molecular formula is C15H12N2O2S. The predicted molar refractivity (Wildman–Crippen MR) is 78.5 cm³/mol. The van der Waals surface area contributed by atoms with E-state index in [-0.39, 0.29) is 17.6 Å². The van der Waals surface area contributed by atoms with Crippen LogP contribution in [-0.2, 0) is 4.79 Å². The highest BCUT2D eigenvalue weighted by Crippen LogP contribution is 2.34. The quantitative estimate of drug-likeness (QED) is 0.862. The van der Waals surface area contributed by atoms with Crippen LogP contribution in [0, 0.1) is 18.3 Å². The van der Waals surface area contributed by atoms with Crippen LogP contribution >= 0.6 is 11.3 Å². The highest BCUT2D eigenvalue weighted by molar-refractivity contribution is 7.14. The number of carbonyl (C=O) groups excluding carboxylic acids is 1. The number of carbonyl (C=O) groups is 1. The molecule has 1 aromatic heterocycles. The van der Waals surface area contributed by atoms with Crippen molar-refractivity contribution in [2.24, 2.45) is 5.92 Å². The fraction of sp³-hybridized carbons (Fsp3) is 0.200. The number of amides is 1. The van der Waals surface area contributed by atoms with E-state index in [1.165, 1.54) is 11.3 Å². The second-order valence-electron chi connectivity index (χ2n) is 4.60. The third kappa shape index (κ3) is 2.15. The summed E-state index contributed by atoms with van der Waals surface area (Å²) in [6.07, 6.45) is 5.75. The first-order valence-electron chi connectivity index (χ1n) is 6.19. The van der Waals surface area contributed by atoms with Crippen molar-refractivity contribution in [1.29, 1.82) is 0 Å². The summed E-state index contributed by atoms with van der Waals surface area (Å²) in [5.41, 5.74) is 1.33. The van der Waals surface area contributed by atoms with Crippen LogP contribution in [0.25, 0.3) is 11.3 Å². The van der Waals surface area contributed by atoms with Gasteiger partial charge in [0.1, 0.15) is 5.75 Å². The van der Waals surface area contributed by atoms with Gasteiger partial charge in [-0.25, -0.2) is 4.98 Å². The summed E-state index contributed by atoms with van der Waals surface area (Å²) in [5, 5.41) is 12.3. The standard InChI is InChI=1S/C15H12N2O2S/c1-2-10-7-14(19)17(8-10)15-16-12(9-20-15)11-5-3-4-6-13(11)18/h1,3-6,9-10,18H,7-8H2. The van der Waals surface area contributed by atoms with E-state index in [0.717, 1.165) is 0 Å². The number of aromatic nitrogens is 1. The molecule has 5 heteroatoms. The molecule has 4 nitrogen and oxygen atoms in total. The maximum absolute atomic E-state index is 11.9. The van der Waals surface area contributed by atoms with Crippen molar-refractivity contribution >= 4 is 22.4 Å². The number of anilines is 1. The molecule has 1 aromatic carbocycles. The number of rotatable bonds is 2. The van der Waals surface area contributed by atoms with Gasteiger partial charge in [-0.2, -0.15) is 0 Å². The molecule has 0 bridgehead atoms.